The number of aliphatic hydroxyl groups excluding tert-OH is 1. The summed E-state index contributed by atoms with van der Waals surface area (Å²) in [5, 5.41) is 10.1. The quantitative estimate of drug-likeness (QED) is 0.844. The first-order chi connectivity index (χ1) is 7.47. The van der Waals surface area contributed by atoms with Crippen molar-refractivity contribution in [2.45, 2.75) is 39.7 Å². The van der Waals surface area contributed by atoms with Crippen molar-refractivity contribution in [3.63, 3.8) is 0 Å². The smallest absolute Gasteiger partial charge is 0.124 e. The van der Waals surface area contributed by atoms with Crippen molar-refractivity contribution in [3.05, 3.63) is 29.3 Å². The topological polar surface area (TPSA) is 29.5 Å². The second-order valence-corrected chi connectivity index (χ2v) is 4.84. The van der Waals surface area contributed by atoms with E-state index in [0.29, 0.717) is 5.92 Å². The van der Waals surface area contributed by atoms with Gasteiger partial charge >= 0.3 is 0 Å². The Hall–Kier alpha value is -1.02. The zero-order valence-electron chi connectivity index (χ0n) is 10.8. The summed E-state index contributed by atoms with van der Waals surface area (Å²) >= 11 is 0. The lowest BCUT2D eigenvalue weighted by Gasteiger charge is -2.19. The van der Waals surface area contributed by atoms with Crippen LogP contribution in [0.5, 0.6) is 5.75 Å². The standard InChI is InChI=1S/C14H22O2/c1-9(2)11-6-7-13(16-5)12(8-11)14(15)10(3)4/h6-10,14-15H,1-5H3. The van der Waals surface area contributed by atoms with E-state index in [1.807, 2.05) is 26.0 Å². The van der Waals surface area contributed by atoms with E-state index in [1.165, 1.54) is 5.56 Å². The molecule has 90 valence electrons. The molecule has 0 aromatic heterocycles. The summed E-state index contributed by atoms with van der Waals surface area (Å²) in [5.41, 5.74) is 2.12. The Balaban J connectivity index is 3.16. The number of hydrogen-bond acceptors (Lipinski definition) is 2. The van der Waals surface area contributed by atoms with Crippen molar-refractivity contribution in [2.24, 2.45) is 5.92 Å². The Morgan fingerprint density at radius 2 is 1.75 bits per heavy atom. The summed E-state index contributed by atoms with van der Waals surface area (Å²) in [5.74, 6) is 1.42. The molecule has 0 aliphatic rings. The van der Waals surface area contributed by atoms with Crippen molar-refractivity contribution in [1.29, 1.82) is 0 Å². The van der Waals surface area contributed by atoms with Crippen LogP contribution in [0.2, 0.25) is 0 Å². The molecule has 0 heterocycles. The van der Waals surface area contributed by atoms with Crippen LogP contribution in [-0.4, -0.2) is 12.2 Å². The molecule has 0 amide bonds. The van der Waals surface area contributed by atoms with Crippen molar-refractivity contribution < 1.29 is 9.84 Å². The number of benzene rings is 1. The van der Waals surface area contributed by atoms with Gasteiger partial charge in [-0.1, -0.05) is 33.8 Å². The molecule has 0 radical (unpaired) electrons. The molecule has 0 spiro atoms. The van der Waals surface area contributed by atoms with Gasteiger partial charge in [0.25, 0.3) is 0 Å². The molecule has 0 fully saturated rings. The molecule has 0 saturated heterocycles. The highest BCUT2D eigenvalue weighted by Gasteiger charge is 2.17. The fourth-order valence-corrected chi connectivity index (χ4v) is 1.70. The largest absolute Gasteiger partial charge is 0.496 e. The summed E-state index contributed by atoms with van der Waals surface area (Å²) < 4.78 is 5.29. The molecule has 2 nitrogen and oxygen atoms in total. The van der Waals surface area contributed by atoms with E-state index in [1.54, 1.807) is 7.11 Å². The first kappa shape index (κ1) is 13.0. The minimum absolute atomic E-state index is 0.191. The molecule has 1 aromatic rings. The number of rotatable bonds is 4. The molecule has 1 N–H and O–H groups in total. The van der Waals surface area contributed by atoms with E-state index in [9.17, 15) is 5.11 Å². The summed E-state index contributed by atoms with van der Waals surface area (Å²) in [7, 11) is 1.64. The Morgan fingerprint density at radius 1 is 1.12 bits per heavy atom. The fourth-order valence-electron chi connectivity index (χ4n) is 1.70. The predicted molar refractivity (Wildman–Crippen MR) is 66.9 cm³/mol. The normalized spacial score (nSPS) is 13.2. The molecule has 0 aliphatic heterocycles. The van der Waals surface area contributed by atoms with Gasteiger partial charge in [-0.15, -0.1) is 0 Å². The monoisotopic (exact) mass is 222 g/mol. The highest BCUT2D eigenvalue weighted by Crippen LogP contribution is 2.32. The van der Waals surface area contributed by atoms with Crippen LogP contribution in [0.3, 0.4) is 0 Å². The Morgan fingerprint density at radius 3 is 2.19 bits per heavy atom. The van der Waals surface area contributed by atoms with Gasteiger partial charge in [0, 0.05) is 5.56 Å². The average molecular weight is 222 g/mol. The van der Waals surface area contributed by atoms with Gasteiger partial charge < -0.3 is 9.84 Å². The van der Waals surface area contributed by atoms with E-state index in [0.717, 1.165) is 11.3 Å². The van der Waals surface area contributed by atoms with Gasteiger partial charge in [0.05, 0.1) is 13.2 Å². The van der Waals surface area contributed by atoms with Crippen LogP contribution in [0.1, 0.15) is 50.8 Å². The van der Waals surface area contributed by atoms with Crippen LogP contribution in [0.4, 0.5) is 0 Å². The van der Waals surface area contributed by atoms with E-state index in [4.69, 9.17) is 4.74 Å². The maximum absolute atomic E-state index is 10.1. The van der Waals surface area contributed by atoms with Gasteiger partial charge in [-0.3, -0.25) is 0 Å². The zero-order chi connectivity index (χ0) is 12.3. The summed E-state index contributed by atoms with van der Waals surface area (Å²) in [6, 6.07) is 6.05. The molecule has 0 saturated carbocycles. The molecule has 2 heteroatoms. The van der Waals surface area contributed by atoms with E-state index >= 15 is 0 Å². The Labute approximate surface area is 98.3 Å². The van der Waals surface area contributed by atoms with E-state index in [2.05, 4.69) is 19.9 Å². The van der Waals surface area contributed by atoms with Crippen molar-refractivity contribution in [3.8, 4) is 5.75 Å². The van der Waals surface area contributed by atoms with Crippen LogP contribution in [0, 0.1) is 5.92 Å². The molecule has 1 atom stereocenters. The summed E-state index contributed by atoms with van der Waals surface area (Å²) in [6.07, 6.45) is -0.464. The van der Waals surface area contributed by atoms with Crippen LogP contribution in [0.25, 0.3) is 0 Å². The molecule has 1 rings (SSSR count). The Bertz CT molecular complexity index is 343. The Kier molecular flexibility index (Phi) is 4.36. The summed E-state index contributed by atoms with van der Waals surface area (Å²) in [6.45, 7) is 8.30. The van der Waals surface area contributed by atoms with Crippen molar-refractivity contribution in [1.82, 2.24) is 0 Å². The van der Waals surface area contributed by atoms with Crippen LogP contribution >= 0.6 is 0 Å². The lowest BCUT2D eigenvalue weighted by atomic mass is 9.93. The second-order valence-electron chi connectivity index (χ2n) is 4.84. The van der Waals surface area contributed by atoms with Gasteiger partial charge in [0.2, 0.25) is 0 Å². The lowest BCUT2D eigenvalue weighted by molar-refractivity contribution is 0.123. The van der Waals surface area contributed by atoms with Gasteiger partial charge in [-0.05, 0) is 29.5 Å². The SMILES string of the molecule is COc1ccc(C(C)C)cc1C(O)C(C)C. The highest BCUT2D eigenvalue weighted by molar-refractivity contribution is 5.40. The maximum Gasteiger partial charge on any atom is 0.124 e. The number of methoxy groups -OCH3 is 1. The zero-order valence-corrected chi connectivity index (χ0v) is 10.8. The summed E-state index contributed by atoms with van der Waals surface area (Å²) in [4.78, 5) is 0. The second kappa shape index (κ2) is 5.35. The molecule has 16 heavy (non-hydrogen) atoms. The number of hydrogen-bond donors (Lipinski definition) is 1. The van der Waals surface area contributed by atoms with Gasteiger partial charge in [0.15, 0.2) is 0 Å². The van der Waals surface area contributed by atoms with E-state index < -0.39 is 6.10 Å². The number of ether oxygens (including phenoxy) is 1. The maximum atomic E-state index is 10.1. The third-order valence-corrected chi connectivity index (χ3v) is 2.87. The van der Waals surface area contributed by atoms with Crippen molar-refractivity contribution in [2.75, 3.05) is 7.11 Å². The molecular formula is C14H22O2. The van der Waals surface area contributed by atoms with Crippen molar-refractivity contribution >= 4 is 0 Å². The molecular weight excluding hydrogens is 200 g/mol. The third-order valence-electron chi connectivity index (χ3n) is 2.87. The first-order valence-corrected chi connectivity index (χ1v) is 5.83. The van der Waals surface area contributed by atoms with Crippen LogP contribution in [0.15, 0.2) is 18.2 Å². The molecule has 1 aromatic carbocycles. The molecule has 0 aliphatic carbocycles. The van der Waals surface area contributed by atoms with Gasteiger partial charge in [-0.25, -0.2) is 0 Å². The predicted octanol–water partition coefficient (Wildman–Crippen LogP) is 3.51. The highest BCUT2D eigenvalue weighted by atomic mass is 16.5. The van der Waals surface area contributed by atoms with Crippen LogP contribution in [-0.2, 0) is 0 Å². The van der Waals surface area contributed by atoms with E-state index in [-0.39, 0.29) is 5.92 Å². The first-order valence-electron chi connectivity index (χ1n) is 5.83. The molecule has 1 unspecified atom stereocenters. The van der Waals surface area contributed by atoms with Gasteiger partial charge in [0.1, 0.15) is 5.75 Å². The lowest BCUT2D eigenvalue weighted by Crippen LogP contribution is -2.08. The fraction of sp³-hybridized carbons (Fsp3) is 0.571. The minimum Gasteiger partial charge on any atom is -0.496 e. The average Bonchev–Trinajstić information content (AvgIpc) is 2.26. The minimum atomic E-state index is -0.464. The van der Waals surface area contributed by atoms with Gasteiger partial charge in [-0.2, -0.15) is 0 Å². The van der Waals surface area contributed by atoms with Crippen LogP contribution < -0.4 is 4.74 Å². The number of aliphatic hydroxyl groups is 1. The third kappa shape index (κ3) is 2.76. The molecule has 0 bridgehead atoms.